The van der Waals surface area contributed by atoms with Crippen molar-refractivity contribution in [1.29, 1.82) is 0 Å². The minimum absolute atomic E-state index is 0.0328. The SMILES string of the molecule is CO/N=C(/C(=O)NC1C(=O)N2C(C(=O)O)=C(CSc3nnc(CSC)s3)CS[C@H]12)c1nsc(N)n1. The van der Waals surface area contributed by atoms with E-state index < -0.39 is 29.2 Å². The first-order valence-electron chi connectivity index (χ1n) is 9.69. The fraction of sp³-hybridized carbons (Fsp3) is 0.412. The van der Waals surface area contributed by atoms with E-state index >= 15 is 0 Å². The average Bonchev–Trinajstić information content (AvgIpc) is 3.47. The van der Waals surface area contributed by atoms with Crippen LogP contribution in [-0.4, -0.2) is 89.3 Å². The summed E-state index contributed by atoms with van der Waals surface area (Å²) in [7, 11) is 1.26. The summed E-state index contributed by atoms with van der Waals surface area (Å²) >= 11 is 6.74. The number of hydrogen-bond donors (Lipinski definition) is 3. The second kappa shape index (κ2) is 11.1. The maximum absolute atomic E-state index is 12.9. The van der Waals surface area contributed by atoms with E-state index in [2.05, 4.69) is 30.0 Å². The molecule has 2 amide bonds. The number of β-lactam (4-membered cyclic amide) rings is 1. The molecule has 0 radical (unpaired) electrons. The van der Waals surface area contributed by atoms with Crippen LogP contribution in [0.1, 0.15) is 10.8 Å². The number of hydrogen-bond acceptors (Lipinski definition) is 15. The first-order chi connectivity index (χ1) is 16.8. The van der Waals surface area contributed by atoms with Crippen molar-refractivity contribution in [3.05, 3.63) is 22.1 Å². The Hall–Kier alpha value is -2.41. The van der Waals surface area contributed by atoms with Crippen molar-refractivity contribution < 1.29 is 24.3 Å². The van der Waals surface area contributed by atoms with Crippen molar-refractivity contribution in [2.24, 2.45) is 5.16 Å². The van der Waals surface area contributed by atoms with E-state index in [1.54, 1.807) is 11.8 Å². The number of amides is 2. The number of nitrogens with zero attached hydrogens (tertiary/aromatic N) is 6. The number of carboxylic acids is 1. The molecule has 0 spiro atoms. The molecular formula is C17H18N8O5S5. The highest BCUT2D eigenvalue weighted by atomic mass is 32.2. The average molecular weight is 575 g/mol. The van der Waals surface area contributed by atoms with Crippen LogP contribution in [0.15, 0.2) is 20.8 Å². The van der Waals surface area contributed by atoms with Crippen LogP contribution in [0.3, 0.4) is 0 Å². The van der Waals surface area contributed by atoms with E-state index in [9.17, 15) is 19.5 Å². The van der Waals surface area contributed by atoms with Crippen molar-refractivity contribution >= 4 is 86.8 Å². The highest BCUT2D eigenvalue weighted by Crippen LogP contribution is 2.41. The van der Waals surface area contributed by atoms with Gasteiger partial charge in [-0.1, -0.05) is 28.3 Å². The fourth-order valence-corrected chi connectivity index (χ4v) is 7.74. The third-order valence-electron chi connectivity index (χ3n) is 4.67. The number of nitrogens with one attached hydrogen (secondary N) is 1. The minimum atomic E-state index is -1.20. The van der Waals surface area contributed by atoms with Crippen LogP contribution in [0.2, 0.25) is 0 Å². The molecule has 4 rings (SSSR count). The highest BCUT2D eigenvalue weighted by molar-refractivity contribution is 8.02. The number of thioether (sulfide) groups is 3. The van der Waals surface area contributed by atoms with Gasteiger partial charge in [-0.2, -0.15) is 21.1 Å². The molecular weight excluding hydrogens is 557 g/mol. The number of nitrogens with two attached hydrogens (primary N) is 1. The number of anilines is 1. The highest BCUT2D eigenvalue weighted by Gasteiger charge is 2.54. The zero-order valence-corrected chi connectivity index (χ0v) is 22.2. The molecule has 35 heavy (non-hydrogen) atoms. The summed E-state index contributed by atoms with van der Waals surface area (Å²) in [5, 5.41) is 24.8. The molecule has 1 unspecified atom stereocenters. The van der Waals surface area contributed by atoms with E-state index in [0.717, 1.165) is 26.6 Å². The van der Waals surface area contributed by atoms with Gasteiger partial charge in [0.1, 0.15) is 29.2 Å². The predicted molar refractivity (Wildman–Crippen MR) is 135 cm³/mol. The van der Waals surface area contributed by atoms with Crippen LogP contribution in [0.25, 0.3) is 0 Å². The van der Waals surface area contributed by atoms with Crippen LogP contribution in [0.5, 0.6) is 0 Å². The van der Waals surface area contributed by atoms with Crippen LogP contribution in [-0.2, 0) is 25.0 Å². The second-order valence-corrected chi connectivity index (χ2v) is 11.9. The normalized spacial score (nSPS) is 19.9. The van der Waals surface area contributed by atoms with Crippen LogP contribution >= 0.6 is 58.2 Å². The van der Waals surface area contributed by atoms with Crippen molar-refractivity contribution in [2.45, 2.75) is 21.5 Å². The number of carboxylic acid groups (broad SMARTS) is 1. The minimum Gasteiger partial charge on any atom is -0.477 e. The molecule has 186 valence electrons. The summed E-state index contributed by atoms with van der Waals surface area (Å²) in [6, 6.07) is -0.939. The fourth-order valence-electron chi connectivity index (χ4n) is 3.24. The maximum atomic E-state index is 12.9. The lowest BCUT2D eigenvalue weighted by Gasteiger charge is -2.49. The first kappa shape index (κ1) is 25.7. The van der Waals surface area contributed by atoms with Gasteiger partial charge in [0.05, 0.1) is 0 Å². The molecule has 0 bridgehead atoms. The molecule has 18 heteroatoms. The molecule has 4 heterocycles. The van der Waals surface area contributed by atoms with Crippen LogP contribution < -0.4 is 11.1 Å². The molecule has 2 aromatic heterocycles. The number of carbonyl (C=O) groups excluding carboxylic acids is 2. The largest absolute Gasteiger partial charge is 0.477 e. The van der Waals surface area contributed by atoms with E-state index in [-0.39, 0.29) is 22.4 Å². The number of aromatic nitrogens is 4. The molecule has 4 N–H and O–H groups in total. The topological polar surface area (TPSA) is 186 Å². The maximum Gasteiger partial charge on any atom is 0.352 e. The van der Waals surface area contributed by atoms with Gasteiger partial charge in [-0.05, 0) is 11.8 Å². The molecule has 1 fully saturated rings. The Balaban J connectivity index is 1.46. The lowest BCUT2D eigenvalue weighted by atomic mass is 10.0. The van der Waals surface area contributed by atoms with Gasteiger partial charge in [0.2, 0.25) is 11.5 Å². The Morgan fingerprint density at radius 2 is 2.17 bits per heavy atom. The molecule has 0 aliphatic carbocycles. The van der Waals surface area contributed by atoms with Gasteiger partial charge in [0.25, 0.3) is 11.8 Å². The Morgan fingerprint density at radius 3 is 2.83 bits per heavy atom. The molecule has 2 aliphatic heterocycles. The van der Waals surface area contributed by atoms with Gasteiger partial charge in [-0.3, -0.25) is 14.5 Å². The van der Waals surface area contributed by atoms with Gasteiger partial charge in [-0.15, -0.1) is 22.0 Å². The van der Waals surface area contributed by atoms with E-state index in [1.807, 2.05) is 6.26 Å². The Bertz CT molecular complexity index is 1210. The predicted octanol–water partition coefficient (Wildman–Crippen LogP) is 0.716. The van der Waals surface area contributed by atoms with E-state index in [0.29, 0.717) is 17.1 Å². The number of aliphatic carboxylic acids is 1. The summed E-state index contributed by atoms with van der Waals surface area (Å²) in [5.74, 6) is -0.995. The quantitative estimate of drug-likeness (QED) is 0.156. The number of carbonyl (C=O) groups is 3. The molecule has 0 saturated carbocycles. The van der Waals surface area contributed by atoms with Crippen LogP contribution in [0.4, 0.5) is 5.13 Å². The first-order valence-corrected chi connectivity index (χ1v) is 14.7. The summed E-state index contributed by atoms with van der Waals surface area (Å²) < 4.78 is 4.68. The Labute approximate surface area is 219 Å². The summed E-state index contributed by atoms with van der Waals surface area (Å²) in [6.45, 7) is 0. The van der Waals surface area contributed by atoms with Gasteiger partial charge < -0.3 is 21.0 Å². The van der Waals surface area contributed by atoms with Crippen LogP contribution in [0, 0.1) is 0 Å². The molecule has 0 aromatic carbocycles. The van der Waals surface area contributed by atoms with Crippen molar-refractivity contribution in [1.82, 2.24) is 29.8 Å². The molecule has 2 aromatic rings. The summed E-state index contributed by atoms with van der Waals surface area (Å²) in [6.07, 6.45) is 1.98. The van der Waals surface area contributed by atoms with Crippen molar-refractivity contribution in [3.8, 4) is 0 Å². The lowest BCUT2D eigenvalue weighted by Crippen LogP contribution is -2.71. The number of oxime groups is 1. The summed E-state index contributed by atoms with van der Waals surface area (Å²) in [4.78, 5) is 47.6. The van der Waals surface area contributed by atoms with Crippen molar-refractivity contribution in [2.75, 3.05) is 30.6 Å². The third-order valence-corrected chi connectivity index (χ3v) is 9.44. The Kier molecular flexibility index (Phi) is 8.15. The smallest absolute Gasteiger partial charge is 0.352 e. The number of rotatable bonds is 10. The standard InChI is InChI=1S/C17H18N8O5S5/c1-30-23-8(11-20-16(18)35-24-11)12(26)19-9-13(27)25-10(15(28)29)6(3-32-14(9)25)4-33-17-22-21-7(34-17)5-31-2/h9,14H,3-5H2,1-2H3,(H,19,26)(H,28,29)(H2,18,20,24)/b23-8+/t9?,14-/m1/s1. The molecule has 2 aliphatic rings. The van der Waals surface area contributed by atoms with Crippen molar-refractivity contribution in [3.63, 3.8) is 0 Å². The van der Waals surface area contributed by atoms with E-state index in [4.69, 9.17) is 10.6 Å². The van der Waals surface area contributed by atoms with Gasteiger partial charge in [0, 0.05) is 28.8 Å². The molecule has 2 atom stereocenters. The Morgan fingerprint density at radius 1 is 1.37 bits per heavy atom. The van der Waals surface area contributed by atoms with Gasteiger partial charge >= 0.3 is 5.97 Å². The molecule has 1 saturated heterocycles. The zero-order chi connectivity index (χ0) is 25.1. The lowest BCUT2D eigenvalue weighted by molar-refractivity contribution is -0.150. The zero-order valence-electron chi connectivity index (χ0n) is 18.2. The number of nitrogen functional groups attached to an aromatic ring is 1. The molecule has 13 nitrogen and oxygen atoms in total. The third kappa shape index (κ3) is 5.40. The van der Waals surface area contributed by atoms with Gasteiger partial charge in [-0.25, -0.2) is 4.79 Å². The second-order valence-electron chi connectivity index (χ2n) is 6.88. The van der Waals surface area contributed by atoms with E-state index in [1.165, 1.54) is 46.9 Å². The monoisotopic (exact) mass is 574 g/mol. The number of fused-ring (bicyclic) bond motifs is 1. The summed E-state index contributed by atoms with van der Waals surface area (Å²) in [5.41, 5.74) is 5.88. The van der Waals surface area contributed by atoms with Gasteiger partial charge in [0.15, 0.2) is 9.47 Å².